The van der Waals surface area contributed by atoms with E-state index in [9.17, 15) is 13.2 Å². The normalized spacial score (nSPS) is 15.8. The van der Waals surface area contributed by atoms with Crippen LogP contribution in [-0.2, 0) is 29.6 Å². The Hall–Kier alpha value is -3.48. The predicted molar refractivity (Wildman–Crippen MR) is 182 cm³/mol. The first kappa shape index (κ1) is 34.4. The highest BCUT2D eigenvalue weighted by Crippen LogP contribution is 2.42. The Morgan fingerprint density at radius 2 is 1.58 bits per heavy atom. The van der Waals surface area contributed by atoms with Crippen LogP contribution < -0.4 is 0 Å². The smallest absolute Gasteiger partial charge is 0.310 e. The minimum absolute atomic E-state index is 0.0499. The Morgan fingerprint density at radius 3 is 2.11 bits per heavy atom. The number of nitrogens with zero attached hydrogens (tertiary/aromatic N) is 1. The van der Waals surface area contributed by atoms with Crippen molar-refractivity contribution in [1.82, 2.24) is 4.31 Å². The third kappa shape index (κ3) is 8.03. The highest BCUT2D eigenvalue weighted by Gasteiger charge is 2.52. The molecular formula is C37H45NO5SSi. The highest BCUT2D eigenvalue weighted by atomic mass is 32.2. The van der Waals surface area contributed by atoms with Gasteiger partial charge in [0, 0.05) is 17.7 Å². The van der Waals surface area contributed by atoms with Crippen molar-refractivity contribution in [3.05, 3.63) is 114 Å². The molecule has 1 fully saturated rings. The summed E-state index contributed by atoms with van der Waals surface area (Å²) in [5.74, 6) is 5.91. The second-order valence-corrected chi connectivity index (χ2v) is 19.9. The fraction of sp³-hybridized carbons (Fsp3) is 0.378. The fourth-order valence-corrected chi connectivity index (χ4v) is 7.31. The van der Waals surface area contributed by atoms with E-state index >= 15 is 0 Å². The zero-order valence-corrected chi connectivity index (χ0v) is 29.1. The topological polar surface area (TPSA) is 72.9 Å². The lowest BCUT2D eigenvalue weighted by molar-refractivity contribution is -0.162. The summed E-state index contributed by atoms with van der Waals surface area (Å²) in [4.78, 5) is 13.8. The zero-order chi connectivity index (χ0) is 32.9. The van der Waals surface area contributed by atoms with Crippen LogP contribution in [0.15, 0.2) is 102 Å². The molecule has 8 heteroatoms. The number of sulfonamides is 1. The van der Waals surface area contributed by atoms with E-state index in [1.807, 2.05) is 67.6 Å². The molecule has 0 amide bonds. The van der Waals surface area contributed by atoms with Gasteiger partial charge >= 0.3 is 5.97 Å². The van der Waals surface area contributed by atoms with E-state index in [0.29, 0.717) is 11.1 Å². The van der Waals surface area contributed by atoms with Crippen LogP contribution in [0.25, 0.3) is 0 Å². The van der Waals surface area contributed by atoms with Crippen molar-refractivity contribution in [2.45, 2.75) is 75.2 Å². The molecule has 1 saturated carbocycles. The molecule has 4 rings (SSSR count). The van der Waals surface area contributed by atoms with Gasteiger partial charge in [-0.05, 0) is 68.1 Å². The van der Waals surface area contributed by atoms with E-state index < -0.39 is 36.0 Å². The van der Waals surface area contributed by atoms with Crippen LogP contribution in [0.4, 0.5) is 0 Å². The molecule has 3 aromatic rings. The van der Waals surface area contributed by atoms with E-state index in [0.717, 1.165) is 18.4 Å². The predicted octanol–water partition coefficient (Wildman–Crippen LogP) is 7.46. The molecule has 1 aliphatic rings. The largest absolute Gasteiger partial charge is 0.439 e. The quantitative estimate of drug-likeness (QED) is 0.0887. The molecule has 45 heavy (non-hydrogen) atoms. The Bertz CT molecular complexity index is 1630. The molecule has 0 bridgehead atoms. The van der Waals surface area contributed by atoms with Crippen LogP contribution in [-0.4, -0.2) is 46.2 Å². The average molecular weight is 644 g/mol. The minimum atomic E-state index is -4.16. The third-order valence-electron chi connectivity index (χ3n) is 8.70. The van der Waals surface area contributed by atoms with Crippen molar-refractivity contribution in [3.63, 3.8) is 0 Å². The molecule has 2 atom stereocenters. The Morgan fingerprint density at radius 1 is 1.00 bits per heavy atom. The van der Waals surface area contributed by atoms with Crippen molar-refractivity contribution in [3.8, 4) is 11.8 Å². The van der Waals surface area contributed by atoms with Gasteiger partial charge in [-0.15, -0.1) is 6.58 Å². The summed E-state index contributed by atoms with van der Waals surface area (Å²) < 4.78 is 44.0. The van der Waals surface area contributed by atoms with Crippen molar-refractivity contribution in [2.24, 2.45) is 5.92 Å². The molecule has 0 radical (unpaired) electrons. The first-order valence-electron chi connectivity index (χ1n) is 15.4. The molecule has 0 aliphatic heterocycles. The number of carbonyl (C=O) groups excluding carboxylic acids is 1. The fourth-order valence-electron chi connectivity index (χ4n) is 4.71. The number of hydrogen-bond acceptors (Lipinski definition) is 5. The number of rotatable bonds is 12. The number of ether oxygens (including phenoxy) is 1. The summed E-state index contributed by atoms with van der Waals surface area (Å²) in [5, 5.41) is -0.160. The number of esters is 1. The maximum atomic E-state index is 14.6. The summed E-state index contributed by atoms with van der Waals surface area (Å²) in [7, 11) is -6.59. The first-order chi connectivity index (χ1) is 21.2. The number of benzene rings is 3. The molecule has 0 heterocycles. The van der Waals surface area contributed by atoms with Gasteiger partial charge in [-0.2, -0.15) is 4.31 Å². The molecule has 238 valence electrons. The summed E-state index contributed by atoms with van der Waals surface area (Å²) in [6.07, 6.45) is 2.99. The van der Waals surface area contributed by atoms with Crippen molar-refractivity contribution < 1.29 is 22.4 Å². The van der Waals surface area contributed by atoms with Gasteiger partial charge in [0.05, 0.1) is 17.4 Å². The summed E-state index contributed by atoms with van der Waals surface area (Å²) >= 11 is 0. The van der Waals surface area contributed by atoms with Crippen LogP contribution in [0.2, 0.25) is 18.1 Å². The number of aryl methyl sites for hydroxylation is 1. The monoisotopic (exact) mass is 643 g/mol. The molecule has 6 nitrogen and oxygen atoms in total. The standard InChI is InChI=1S/C37H45NO5SSi/c1-8-27-38(44(40,41)33-23-19-29(2)20-24-33)34(28-42-45(6,7)36(3,4)5)37(32-17-13-10-14-18-32,43-35(39)31-21-22-31)26-25-30-15-11-9-12-16-30/h8-20,23-24,31,34H,1,21-22,27-28H2,2-7H3/t34-,37?/m0/s1. The first-order valence-corrected chi connectivity index (χ1v) is 19.8. The van der Waals surface area contributed by atoms with Gasteiger partial charge in [0.25, 0.3) is 0 Å². The lowest BCUT2D eigenvalue weighted by Crippen LogP contribution is -2.58. The van der Waals surface area contributed by atoms with E-state index in [1.165, 1.54) is 4.31 Å². The zero-order valence-electron chi connectivity index (χ0n) is 27.2. The highest BCUT2D eigenvalue weighted by molar-refractivity contribution is 7.89. The Labute approximate surface area is 270 Å². The van der Waals surface area contributed by atoms with Crippen LogP contribution in [0.1, 0.15) is 50.3 Å². The maximum absolute atomic E-state index is 14.6. The Kier molecular flexibility index (Phi) is 10.6. The van der Waals surface area contributed by atoms with Crippen molar-refractivity contribution in [1.29, 1.82) is 0 Å². The SMILES string of the molecule is C=CCN([C@@H](CO[Si](C)(C)C(C)(C)C)C(C#Cc1ccccc1)(OC(=O)C1CC1)c1ccccc1)S(=O)(=O)c1ccc(C)cc1. The van der Waals surface area contributed by atoms with Gasteiger partial charge in [-0.25, -0.2) is 8.42 Å². The molecule has 0 N–H and O–H groups in total. The van der Waals surface area contributed by atoms with Crippen LogP contribution in [0.3, 0.4) is 0 Å². The van der Waals surface area contributed by atoms with Gasteiger partial charge in [0.15, 0.2) is 8.32 Å². The molecule has 0 saturated heterocycles. The van der Waals surface area contributed by atoms with Gasteiger partial charge < -0.3 is 9.16 Å². The average Bonchev–Trinajstić information content (AvgIpc) is 3.86. The lowest BCUT2D eigenvalue weighted by atomic mass is 9.86. The van der Waals surface area contributed by atoms with E-state index in [2.05, 4.69) is 52.3 Å². The van der Waals surface area contributed by atoms with Crippen LogP contribution in [0.5, 0.6) is 0 Å². The van der Waals surface area contributed by atoms with E-state index in [-0.39, 0.29) is 29.0 Å². The van der Waals surface area contributed by atoms with Gasteiger partial charge in [0.1, 0.15) is 6.04 Å². The van der Waals surface area contributed by atoms with Crippen molar-refractivity contribution in [2.75, 3.05) is 13.2 Å². The second-order valence-electron chi connectivity index (χ2n) is 13.2. The summed E-state index contributed by atoms with van der Waals surface area (Å²) in [6, 6.07) is 24.3. The van der Waals surface area contributed by atoms with Crippen LogP contribution >= 0.6 is 0 Å². The van der Waals surface area contributed by atoms with Gasteiger partial charge in [0.2, 0.25) is 15.6 Å². The molecule has 1 aliphatic carbocycles. The Balaban J connectivity index is 2.03. The van der Waals surface area contributed by atoms with Crippen molar-refractivity contribution >= 4 is 24.3 Å². The number of carbonyl (C=O) groups is 1. The third-order valence-corrected chi connectivity index (χ3v) is 15.1. The lowest BCUT2D eigenvalue weighted by Gasteiger charge is -2.44. The summed E-state index contributed by atoms with van der Waals surface area (Å²) in [5.41, 5.74) is 0.507. The van der Waals surface area contributed by atoms with Crippen LogP contribution in [0, 0.1) is 24.7 Å². The van der Waals surface area contributed by atoms with Gasteiger partial charge in [-0.3, -0.25) is 4.79 Å². The molecule has 0 spiro atoms. The minimum Gasteiger partial charge on any atom is -0.439 e. The van der Waals surface area contributed by atoms with E-state index in [1.54, 1.807) is 30.3 Å². The molecular weight excluding hydrogens is 599 g/mol. The number of hydrogen-bond donors (Lipinski definition) is 0. The van der Waals surface area contributed by atoms with Gasteiger partial charge in [-0.1, -0.05) is 99.0 Å². The molecule has 1 unspecified atom stereocenters. The molecule has 0 aromatic heterocycles. The second kappa shape index (κ2) is 13.9. The van der Waals surface area contributed by atoms with E-state index in [4.69, 9.17) is 9.16 Å². The molecule has 3 aromatic carbocycles. The summed E-state index contributed by atoms with van der Waals surface area (Å²) in [6.45, 7) is 16.4. The maximum Gasteiger partial charge on any atom is 0.310 e.